The van der Waals surface area contributed by atoms with Gasteiger partial charge >= 0.3 is 0 Å². The van der Waals surface area contributed by atoms with Gasteiger partial charge in [-0.1, -0.05) is 0 Å². The van der Waals surface area contributed by atoms with Crippen LogP contribution in [0.15, 0.2) is 11.6 Å². The van der Waals surface area contributed by atoms with E-state index >= 15 is 0 Å². The monoisotopic (exact) mass is 390 g/mol. The number of β-amino-alcohol motifs (C(OH)–C–C–N with tert-alkyl or cyclic N) is 1. The predicted octanol–water partition coefficient (Wildman–Crippen LogP) is -1.15. The highest BCUT2D eigenvalue weighted by Crippen LogP contribution is 2.15. The lowest BCUT2D eigenvalue weighted by Crippen LogP contribution is -2.51. The highest BCUT2D eigenvalue weighted by atomic mass is 32.1. The summed E-state index contributed by atoms with van der Waals surface area (Å²) in [6.45, 7) is -0.0624. The minimum absolute atomic E-state index is 0.0864. The van der Waals surface area contributed by atoms with E-state index in [1.54, 1.807) is 5.38 Å². The van der Waals surface area contributed by atoms with Gasteiger partial charge in [-0.3, -0.25) is 4.79 Å². The highest BCUT2D eigenvalue weighted by Gasteiger charge is 2.33. The van der Waals surface area contributed by atoms with E-state index in [9.17, 15) is 25.2 Å². The maximum absolute atomic E-state index is 12.7. The second-order valence-corrected chi connectivity index (χ2v) is 7.13. The third kappa shape index (κ3) is 5.68. The van der Waals surface area contributed by atoms with Gasteiger partial charge in [0.15, 0.2) is 5.01 Å². The lowest BCUT2D eigenvalue weighted by atomic mass is 10.1. The Bertz CT molecular complexity index is 545. The third-order valence-electron chi connectivity index (χ3n) is 4.31. The molecule has 0 spiro atoms. The Morgan fingerprint density at radius 1 is 1.27 bits per heavy atom. The minimum Gasteiger partial charge on any atom is -0.390 e. The molecule has 26 heavy (non-hydrogen) atoms. The zero-order valence-electron chi connectivity index (χ0n) is 14.6. The summed E-state index contributed by atoms with van der Waals surface area (Å²) in [6.07, 6.45) is -3.32. The smallest absolute Gasteiger partial charge is 0.283 e. The number of carbonyl (C=O) groups is 1. The number of rotatable bonds is 2. The molecular formula is C16H26N2O7S. The fraction of sp³-hybridized carbons (Fsp3) is 0.750. The van der Waals surface area contributed by atoms with Gasteiger partial charge in [-0.2, -0.15) is 0 Å². The molecule has 0 radical (unpaired) electrons. The highest BCUT2D eigenvalue weighted by molar-refractivity contribution is 7.11. The summed E-state index contributed by atoms with van der Waals surface area (Å²) < 4.78 is 10.5. The molecule has 148 valence electrons. The summed E-state index contributed by atoms with van der Waals surface area (Å²) in [5.74, 6) is -0.443. The molecule has 1 fully saturated rings. The first kappa shape index (κ1) is 21.2. The van der Waals surface area contributed by atoms with Gasteiger partial charge in [0.05, 0.1) is 18.8 Å². The molecule has 10 heteroatoms. The maximum atomic E-state index is 12.7. The number of aliphatic hydroxyl groups excluding tert-OH is 4. The molecule has 2 rings (SSSR count). The fourth-order valence-corrected chi connectivity index (χ4v) is 3.33. The molecule has 1 aliphatic heterocycles. The summed E-state index contributed by atoms with van der Waals surface area (Å²) in [5.41, 5.74) is 0. The zero-order valence-corrected chi connectivity index (χ0v) is 15.4. The zero-order chi connectivity index (χ0) is 19.1. The number of carbonyl (C=O) groups excluding carboxylic acids is 1. The summed E-state index contributed by atoms with van der Waals surface area (Å²) in [5, 5.41) is 42.7. The van der Waals surface area contributed by atoms with Crippen molar-refractivity contribution in [3.05, 3.63) is 16.6 Å². The van der Waals surface area contributed by atoms with Crippen LogP contribution < -0.4 is 0 Å². The number of hydrogen-bond acceptors (Lipinski definition) is 9. The van der Waals surface area contributed by atoms with Crippen LogP contribution >= 0.6 is 11.3 Å². The molecule has 1 amide bonds. The summed E-state index contributed by atoms with van der Waals surface area (Å²) in [7, 11) is 1.36. The Balaban J connectivity index is 2.23. The lowest BCUT2D eigenvalue weighted by Gasteiger charge is -2.32. The van der Waals surface area contributed by atoms with Gasteiger partial charge in [-0.25, -0.2) is 4.98 Å². The Hall–Kier alpha value is -1.14. The number of ether oxygens (including phenoxy) is 2. The standard InChI is InChI=1S/C16H26N2O7S/c1-24-13-8-18(16(23)15-17-4-6-26-15)7-11(20)10(19)3-2-5-25-9-12(21)14(13)22/h4,6,10-14,19-22H,2-3,5,7-9H2,1H3/t10-,11-,12-,13-,14-/m1/s1. The first-order valence-electron chi connectivity index (χ1n) is 8.45. The lowest BCUT2D eigenvalue weighted by molar-refractivity contribution is -0.105. The van der Waals surface area contributed by atoms with Crippen LogP contribution in [-0.4, -0.2) is 100 Å². The Morgan fingerprint density at radius 3 is 2.69 bits per heavy atom. The van der Waals surface area contributed by atoms with Crippen LogP contribution in [0.25, 0.3) is 0 Å². The molecule has 0 saturated carbocycles. The third-order valence-corrected chi connectivity index (χ3v) is 5.07. The van der Waals surface area contributed by atoms with Crippen LogP contribution in [0.1, 0.15) is 22.6 Å². The average molecular weight is 390 g/mol. The van der Waals surface area contributed by atoms with E-state index in [0.29, 0.717) is 6.42 Å². The number of methoxy groups -OCH3 is 1. The number of thiazole rings is 1. The van der Waals surface area contributed by atoms with E-state index in [-0.39, 0.29) is 37.7 Å². The van der Waals surface area contributed by atoms with E-state index < -0.39 is 36.4 Å². The van der Waals surface area contributed by atoms with Crippen LogP contribution in [0.5, 0.6) is 0 Å². The quantitative estimate of drug-likeness (QED) is 0.498. The normalized spacial score (nSPS) is 32.3. The maximum Gasteiger partial charge on any atom is 0.283 e. The molecule has 2 heterocycles. The topological polar surface area (TPSA) is 133 Å². The second kappa shape index (κ2) is 10.3. The second-order valence-electron chi connectivity index (χ2n) is 6.23. The van der Waals surface area contributed by atoms with Crippen molar-refractivity contribution < 1.29 is 34.7 Å². The van der Waals surface area contributed by atoms with Crippen molar-refractivity contribution in [3.63, 3.8) is 0 Å². The molecule has 1 aromatic rings. The van der Waals surface area contributed by atoms with Gasteiger partial charge in [-0.15, -0.1) is 11.3 Å². The van der Waals surface area contributed by atoms with Crippen LogP contribution in [0, 0.1) is 0 Å². The number of hydrogen-bond donors (Lipinski definition) is 4. The molecule has 0 unspecified atom stereocenters. The van der Waals surface area contributed by atoms with Crippen molar-refractivity contribution >= 4 is 17.2 Å². The van der Waals surface area contributed by atoms with Gasteiger partial charge in [0, 0.05) is 38.4 Å². The minimum atomic E-state index is -1.28. The fourth-order valence-electron chi connectivity index (χ4n) is 2.73. The van der Waals surface area contributed by atoms with E-state index in [0.717, 1.165) is 11.3 Å². The largest absolute Gasteiger partial charge is 0.390 e. The predicted molar refractivity (Wildman–Crippen MR) is 92.9 cm³/mol. The SMILES string of the molecule is CO[C@@H]1CN(C(=O)c2nccs2)C[C@@H](O)[C@H](O)CCCOC[C@@H](O)[C@H]1O. The van der Waals surface area contributed by atoms with Crippen molar-refractivity contribution in [2.45, 2.75) is 43.4 Å². The van der Waals surface area contributed by atoms with Crippen LogP contribution in [0.4, 0.5) is 0 Å². The van der Waals surface area contributed by atoms with Crippen LogP contribution in [-0.2, 0) is 9.47 Å². The van der Waals surface area contributed by atoms with Gasteiger partial charge in [0.2, 0.25) is 0 Å². The van der Waals surface area contributed by atoms with Crippen molar-refractivity contribution in [2.24, 2.45) is 0 Å². The molecule has 9 nitrogen and oxygen atoms in total. The number of aliphatic hydroxyl groups is 4. The first-order chi connectivity index (χ1) is 12.4. The van der Waals surface area contributed by atoms with E-state index in [1.165, 1.54) is 18.2 Å². The van der Waals surface area contributed by atoms with Gasteiger partial charge < -0.3 is 34.8 Å². The van der Waals surface area contributed by atoms with E-state index in [1.807, 2.05) is 0 Å². The van der Waals surface area contributed by atoms with E-state index in [2.05, 4.69) is 4.98 Å². The summed E-state index contributed by atoms with van der Waals surface area (Å²) in [4.78, 5) is 18.0. The van der Waals surface area contributed by atoms with Gasteiger partial charge in [0.1, 0.15) is 18.3 Å². The molecule has 4 N–H and O–H groups in total. The van der Waals surface area contributed by atoms with Crippen LogP contribution in [0.2, 0.25) is 0 Å². The molecule has 0 aromatic carbocycles. The Morgan fingerprint density at radius 2 is 2.04 bits per heavy atom. The summed E-state index contributed by atoms with van der Waals surface area (Å²) >= 11 is 1.15. The molecular weight excluding hydrogens is 364 g/mol. The van der Waals surface area contributed by atoms with Gasteiger partial charge in [-0.05, 0) is 12.8 Å². The first-order valence-corrected chi connectivity index (χ1v) is 9.33. The average Bonchev–Trinajstić information content (AvgIpc) is 3.17. The van der Waals surface area contributed by atoms with Crippen molar-refractivity contribution in [1.82, 2.24) is 9.88 Å². The molecule has 5 atom stereocenters. The molecule has 1 aliphatic rings. The van der Waals surface area contributed by atoms with Crippen LogP contribution in [0.3, 0.4) is 0 Å². The number of aromatic nitrogens is 1. The molecule has 1 aromatic heterocycles. The number of amides is 1. The number of nitrogens with zero attached hydrogens (tertiary/aromatic N) is 2. The van der Waals surface area contributed by atoms with Crippen molar-refractivity contribution in [3.8, 4) is 0 Å². The van der Waals surface area contributed by atoms with Crippen molar-refractivity contribution in [2.75, 3.05) is 33.4 Å². The molecule has 0 aliphatic carbocycles. The Kier molecular flexibility index (Phi) is 8.35. The van der Waals surface area contributed by atoms with Gasteiger partial charge in [0.25, 0.3) is 5.91 Å². The van der Waals surface area contributed by atoms with E-state index in [4.69, 9.17) is 9.47 Å². The van der Waals surface area contributed by atoms with Crippen molar-refractivity contribution in [1.29, 1.82) is 0 Å². The Labute approximate surface area is 155 Å². The molecule has 0 bridgehead atoms. The summed E-state index contributed by atoms with van der Waals surface area (Å²) in [6, 6.07) is 0. The molecule has 1 saturated heterocycles.